The lowest BCUT2D eigenvalue weighted by molar-refractivity contribution is 0.0873. The fourth-order valence-corrected chi connectivity index (χ4v) is 4.60. The second kappa shape index (κ2) is 11.0. The standard InChI is InChI=1S/C27H32N4O/c1-21(22-10-3-2-4-11-22)15-19-31-18-9-12-23(20-31)26(24-13-5-7-16-28-24)30-27(32)25-14-6-8-17-29-25/h2-8,10-11,13-14,16-17,21,23,26H,9,12,15,18-20H2,1H3,(H,30,32)/t21-,23-,26-/m0/s1. The Kier molecular flexibility index (Phi) is 7.62. The number of amides is 1. The maximum atomic E-state index is 12.9. The molecule has 3 atom stereocenters. The molecule has 2 aromatic heterocycles. The lowest BCUT2D eigenvalue weighted by Gasteiger charge is -2.37. The molecule has 166 valence electrons. The molecule has 3 heterocycles. The number of nitrogens with zero attached hydrogens (tertiary/aromatic N) is 3. The molecule has 1 aromatic carbocycles. The van der Waals surface area contributed by atoms with Crippen LogP contribution in [0.1, 0.15) is 59.9 Å². The minimum absolute atomic E-state index is 0.125. The lowest BCUT2D eigenvalue weighted by Crippen LogP contribution is -2.43. The van der Waals surface area contributed by atoms with Gasteiger partial charge >= 0.3 is 0 Å². The fraction of sp³-hybridized carbons (Fsp3) is 0.370. The van der Waals surface area contributed by atoms with Gasteiger partial charge in [-0.05, 0) is 74.0 Å². The molecule has 0 saturated carbocycles. The van der Waals surface area contributed by atoms with E-state index in [9.17, 15) is 4.79 Å². The zero-order chi connectivity index (χ0) is 22.2. The Morgan fingerprint density at radius 2 is 1.78 bits per heavy atom. The summed E-state index contributed by atoms with van der Waals surface area (Å²) in [5, 5.41) is 3.24. The van der Waals surface area contributed by atoms with Crippen molar-refractivity contribution in [3.05, 3.63) is 96.1 Å². The number of hydrogen-bond acceptors (Lipinski definition) is 4. The zero-order valence-electron chi connectivity index (χ0n) is 18.7. The van der Waals surface area contributed by atoms with Gasteiger partial charge in [0, 0.05) is 18.9 Å². The van der Waals surface area contributed by atoms with Gasteiger partial charge < -0.3 is 10.2 Å². The first-order valence-electron chi connectivity index (χ1n) is 11.6. The molecule has 3 aromatic rings. The Bertz CT molecular complexity index is 965. The van der Waals surface area contributed by atoms with Crippen LogP contribution in [0.2, 0.25) is 0 Å². The van der Waals surface area contributed by atoms with Crippen molar-refractivity contribution in [2.75, 3.05) is 19.6 Å². The van der Waals surface area contributed by atoms with E-state index >= 15 is 0 Å². The molecule has 0 aliphatic carbocycles. The van der Waals surface area contributed by atoms with Gasteiger partial charge in [0.25, 0.3) is 5.91 Å². The SMILES string of the molecule is C[C@@H](CCN1CCC[C@H]([C@H](NC(=O)c2ccccn2)c2ccccn2)C1)c1ccccc1. The Labute approximate surface area is 190 Å². The largest absolute Gasteiger partial charge is 0.342 e. The van der Waals surface area contributed by atoms with Gasteiger partial charge in [0.1, 0.15) is 5.69 Å². The quantitative estimate of drug-likeness (QED) is 0.557. The number of benzene rings is 1. The van der Waals surface area contributed by atoms with Crippen molar-refractivity contribution < 1.29 is 4.79 Å². The van der Waals surface area contributed by atoms with Crippen LogP contribution in [0.15, 0.2) is 79.1 Å². The summed E-state index contributed by atoms with van der Waals surface area (Å²) in [6.07, 6.45) is 6.80. The van der Waals surface area contributed by atoms with Gasteiger partial charge in [-0.2, -0.15) is 0 Å². The molecule has 5 heteroatoms. The van der Waals surface area contributed by atoms with E-state index in [1.165, 1.54) is 5.56 Å². The van der Waals surface area contributed by atoms with E-state index in [-0.39, 0.29) is 11.9 Å². The fourth-order valence-electron chi connectivity index (χ4n) is 4.60. The third kappa shape index (κ3) is 5.80. The first-order chi connectivity index (χ1) is 15.7. The maximum Gasteiger partial charge on any atom is 0.270 e. The van der Waals surface area contributed by atoms with E-state index in [0.717, 1.165) is 44.6 Å². The number of carbonyl (C=O) groups is 1. The van der Waals surface area contributed by atoms with Crippen molar-refractivity contribution in [2.24, 2.45) is 5.92 Å². The minimum Gasteiger partial charge on any atom is -0.342 e. The number of piperidine rings is 1. The van der Waals surface area contributed by atoms with Crippen molar-refractivity contribution in [1.82, 2.24) is 20.2 Å². The summed E-state index contributed by atoms with van der Waals surface area (Å²) < 4.78 is 0. The van der Waals surface area contributed by atoms with Gasteiger partial charge in [0.05, 0.1) is 11.7 Å². The summed E-state index contributed by atoms with van der Waals surface area (Å²) in [5.41, 5.74) is 2.76. The summed E-state index contributed by atoms with van der Waals surface area (Å²) in [5.74, 6) is 0.710. The molecular formula is C27H32N4O. The topological polar surface area (TPSA) is 58.1 Å². The van der Waals surface area contributed by atoms with Crippen molar-refractivity contribution in [3.8, 4) is 0 Å². The van der Waals surface area contributed by atoms with Crippen LogP contribution in [-0.2, 0) is 0 Å². The molecule has 4 rings (SSSR count). The van der Waals surface area contributed by atoms with Crippen LogP contribution in [0.25, 0.3) is 0 Å². The van der Waals surface area contributed by atoms with Gasteiger partial charge in [-0.3, -0.25) is 14.8 Å². The Balaban J connectivity index is 1.43. The summed E-state index contributed by atoms with van der Waals surface area (Å²) >= 11 is 0. The van der Waals surface area contributed by atoms with E-state index in [1.807, 2.05) is 30.3 Å². The van der Waals surface area contributed by atoms with Crippen LogP contribution in [0.3, 0.4) is 0 Å². The van der Waals surface area contributed by atoms with Crippen LogP contribution < -0.4 is 5.32 Å². The smallest absolute Gasteiger partial charge is 0.270 e. The highest BCUT2D eigenvalue weighted by molar-refractivity contribution is 5.92. The van der Waals surface area contributed by atoms with E-state index in [0.29, 0.717) is 17.5 Å². The van der Waals surface area contributed by atoms with Crippen LogP contribution in [-0.4, -0.2) is 40.4 Å². The molecule has 1 amide bonds. The number of aromatic nitrogens is 2. The molecule has 1 aliphatic rings. The Morgan fingerprint density at radius 3 is 2.50 bits per heavy atom. The monoisotopic (exact) mass is 428 g/mol. The zero-order valence-corrected chi connectivity index (χ0v) is 18.7. The van der Waals surface area contributed by atoms with E-state index < -0.39 is 0 Å². The molecule has 0 radical (unpaired) electrons. The molecule has 1 fully saturated rings. The first-order valence-corrected chi connectivity index (χ1v) is 11.6. The van der Waals surface area contributed by atoms with Gasteiger partial charge in [-0.1, -0.05) is 49.4 Å². The lowest BCUT2D eigenvalue weighted by atomic mass is 9.87. The molecule has 1 aliphatic heterocycles. The first kappa shape index (κ1) is 22.2. The van der Waals surface area contributed by atoms with Crippen LogP contribution in [0.5, 0.6) is 0 Å². The summed E-state index contributed by atoms with van der Waals surface area (Å²) in [6.45, 7) is 5.45. The van der Waals surface area contributed by atoms with E-state index in [4.69, 9.17) is 0 Å². The Hall–Kier alpha value is -3.05. The van der Waals surface area contributed by atoms with Crippen LogP contribution in [0.4, 0.5) is 0 Å². The molecular weight excluding hydrogens is 396 g/mol. The molecule has 0 spiro atoms. The number of nitrogens with one attached hydrogen (secondary N) is 1. The van der Waals surface area contributed by atoms with Crippen LogP contribution >= 0.6 is 0 Å². The molecule has 1 N–H and O–H groups in total. The summed E-state index contributed by atoms with van der Waals surface area (Å²) in [6, 6.07) is 21.9. The predicted octanol–water partition coefficient (Wildman–Crippen LogP) is 4.85. The molecule has 32 heavy (non-hydrogen) atoms. The number of pyridine rings is 2. The molecule has 1 saturated heterocycles. The normalized spacial score (nSPS) is 18.6. The van der Waals surface area contributed by atoms with Crippen molar-refractivity contribution in [3.63, 3.8) is 0 Å². The maximum absolute atomic E-state index is 12.9. The van der Waals surface area contributed by atoms with Crippen molar-refractivity contribution in [1.29, 1.82) is 0 Å². The second-order valence-corrected chi connectivity index (χ2v) is 8.72. The van der Waals surface area contributed by atoms with E-state index in [1.54, 1.807) is 18.5 Å². The van der Waals surface area contributed by atoms with E-state index in [2.05, 4.69) is 57.4 Å². The number of likely N-dealkylation sites (tertiary alicyclic amines) is 1. The highest BCUT2D eigenvalue weighted by Crippen LogP contribution is 2.30. The van der Waals surface area contributed by atoms with Gasteiger partial charge in [0.2, 0.25) is 0 Å². The highest BCUT2D eigenvalue weighted by Gasteiger charge is 2.31. The number of rotatable bonds is 8. The Morgan fingerprint density at radius 1 is 1.03 bits per heavy atom. The minimum atomic E-state index is -0.143. The van der Waals surface area contributed by atoms with Crippen molar-refractivity contribution >= 4 is 5.91 Å². The molecule has 0 bridgehead atoms. The summed E-state index contributed by atoms with van der Waals surface area (Å²) in [4.78, 5) is 24.3. The second-order valence-electron chi connectivity index (χ2n) is 8.72. The number of hydrogen-bond donors (Lipinski definition) is 1. The molecule has 5 nitrogen and oxygen atoms in total. The average Bonchev–Trinajstić information content (AvgIpc) is 2.87. The van der Waals surface area contributed by atoms with Gasteiger partial charge in [-0.25, -0.2) is 0 Å². The van der Waals surface area contributed by atoms with Gasteiger partial charge in [0.15, 0.2) is 0 Å². The average molecular weight is 429 g/mol. The third-order valence-electron chi connectivity index (χ3n) is 6.45. The summed E-state index contributed by atoms with van der Waals surface area (Å²) in [7, 11) is 0. The number of carbonyl (C=O) groups excluding carboxylic acids is 1. The predicted molar refractivity (Wildman–Crippen MR) is 127 cm³/mol. The van der Waals surface area contributed by atoms with Crippen molar-refractivity contribution in [2.45, 2.75) is 38.1 Å². The molecule has 0 unspecified atom stereocenters. The van der Waals surface area contributed by atoms with Crippen LogP contribution in [0, 0.1) is 5.92 Å². The highest BCUT2D eigenvalue weighted by atomic mass is 16.1. The third-order valence-corrected chi connectivity index (χ3v) is 6.45. The van der Waals surface area contributed by atoms with Gasteiger partial charge in [-0.15, -0.1) is 0 Å².